The first-order valence-corrected chi connectivity index (χ1v) is 5.87. The topological polar surface area (TPSA) is 116 Å². The number of rotatable bonds is 4. The summed E-state index contributed by atoms with van der Waals surface area (Å²) in [5.41, 5.74) is -1.47. The van der Waals surface area contributed by atoms with Crippen LogP contribution in [0.25, 0.3) is 0 Å². The molecule has 0 aliphatic rings. The molecule has 2 aromatic rings. The van der Waals surface area contributed by atoms with Crippen molar-refractivity contribution in [2.75, 3.05) is 0 Å². The molecule has 0 aliphatic heterocycles. The second-order valence-electron chi connectivity index (χ2n) is 3.92. The highest BCUT2D eigenvalue weighted by molar-refractivity contribution is 6.34. The second kappa shape index (κ2) is 5.63. The summed E-state index contributed by atoms with van der Waals surface area (Å²) in [4.78, 5) is 35.9. The molecule has 106 valence electrons. The summed E-state index contributed by atoms with van der Waals surface area (Å²) in [5.74, 6) is -0.729. The molecular weight excluding hydrogens is 302 g/mol. The van der Waals surface area contributed by atoms with Crippen LogP contribution in [0.4, 0.5) is 11.4 Å². The minimum absolute atomic E-state index is 0.0525. The number of ketones is 1. The van der Waals surface area contributed by atoms with Gasteiger partial charge in [0.25, 0.3) is 11.4 Å². The van der Waals surface area contributed by atoms with Crippen LogP contribution in [-0.4, -0.2) is 20.6 Å². The smallest absolute Gasteiger partial charge is 0.277 e. The molecule has 0 fully saturated rings. The van der Waals surface area contributed by atoms with Crippen molar-refractivity contribution in [1.82, 2.24) is 4.98 Å². The predicted octanol–water partition coefficient (Wildman–Crippen LogP) is 2.78. The average Bonchev–Trinajstić information content (AvgIpc) is 2.46. The van der Waals surface area contributed by atoms with Gasteiger partial charge in [-0.2, -0.15) is 0 Å². The third-order valence-electron chi connectivity index (χ3n) is 2.56. The first kappa shape index (κ1) is 14.5. The van der Waals surface area contributed by atoms with Crippen LogP contribution in [0.1, 0.15) is 16.1 Å². The van der Waals surface area contributed by atoms with Gasteiger partial charge in [0, 0.05) is 23.9 Å². The summed E-state index contributed by atoms with van der Waals surface area (Å²) in [5, 5.41) is 21.6. The number of pyridine rings is 1. The molecule has 0 spiro atoms. The predicted molar refractivity (Wildman–Crippen MR) is 72.4 cm³/mol. The Morgan fingerprint density at radius 2 is 1.67 bits per heavy atom. The molecule has 0 atom stereocenters. The van der Waals surface area contributed by atoms with Gasteiger partial charge >= 0.3 is 0 Å². The van der Waals surface area contributed by atoms with Gasteiger partial charge in [-0.05, 0) is 12.1 Å². The standard InChI is InChI=1S/C12H6ClN3O5/c13-10-2-1-3-14-11(10)12(17)7-4-8(15(18)19)6-9(5-7)16(20)21/h1-6H. The maximum atomic E-state index is 12.2. The van der Waals surface area contributed by atoms with Crippen molar-refractivity contribution in [1.29, 1.82) is 0 Å². The number of hydrogen-bond acceptors (Lipinski definition) is 6. The van der Waals surface area contributed by atoms with Crippen LogP contribution in [-0.2, 0) is 0 Å². The third kappa shape index (κ3) is 3.00. The zero-order chi connectivity index (χ0) is 15.6. The minimum atomic E-state index is -0.816. The Morgan fingerprint density at radius 1 is 1.10 bits per heavy atom. The lowest BCUT2D eigenvalue weighted by Gasteiger charge is -2.02. The Kier molecular flexibility index (Phi) is 3.90. The summed E-state index contributed by atoms with van der Waals surface area (Å²) in [7, 11) is 0. The van der Waals surface area contributed by atoms with Gasteiger partial charge in [-0.25, -0.2) is 0 Å². The maximum absolute atomic E-state index is 12.2. The Labute approximate surface area is 122 Å². The number of hydrogen-bond donors (Lipinski definition) is 0. The summed E-state index contributed by atoms with van der Waals surface area (Å²) in [6, 6.07) is 5.60. The van der Waals surface area contributed by atoms with Crippen LogP contribution >= 0.6 is 11.6 Å². The fraction of sp³-hybridized carbons (Fsp3) is 0. The SMILES string of the molecule is O=C(c1cc([N+](=O)[O-])cc([N+](=O)[O-])c1)c1ncccc1Cl. The number of nitro benzene ring substituents is 2. The number of carbonyl (C=O) groups is 1. The first-order chi connectivity index (χ1) is 9.90. The lowest BCUT2D eigenvalue weighted by molar-refractivity contribution is -0.394. The van der Waals surface area contributed by atoms with Gasteiger partial charge in [0.2, 0.25) is 5.78 Å². The van der Waals surface area contributed by atoms with Gasteiger partial charge in [-0.15, -0.1) is 0 Å². The minimum Gasteiger partial charge on any atom is -0.287 e. The monoisotopic (exact) mass is 307 g/mol. The van der Waals surface area contributed by atoms with E-state index in [9.17, 15) is 25.0 Å². The van der Waals surface area contributed by atoms with E-state index in [-0.39, 0.29) is 16.3 Å². The molecule has 8 nitrogen and oxygen atoms in total. The molecule has 1 aromatic carbocycles. The van der Waals surface area contributed by atoms with E-state index < -0.39 is 27.0 Å². The van der Waals surface area contributed by atoms with Crippen molar-refractivity contribution in [2.45, 2.75) is 0 Å². The van der Waals surface area contributed by atoms with E-state index in [1.165, 1.54) is 18.3 Å². The van der Waals surface area contributed by atoms with Crippen molar-refractivity contribution in [3.05, 3.63) is 73.0 Å². The first-order valence-electron chi connectivity index (χ1n) is 5.49. The molecule has 0 saturated carbocycles. The lowest BCUT2D eigenvalue weighted by atomic mass is 10.1. The van der Waals surface area contributed by atoms with Crippen LogP contribution < -0.4 is 0 Å². The van der Waals surface area contributed by atoms with E-state index in [0.29, 0.717) is 0 Å². The van der Waals surface area contributed by atoms with Crippen LogP contribution in [0, 0.1) is 20.2 Å². The fourth-order valence-electron chi connectivity index (χ4n) is 1.63. The third-order valence-corrected chi connectivity index (χ3v) is 2.86. The number of carbonyl (C=O) groups excluding carboxylic acids is 1. The van der Waals surface area contributed by atoms with E-state index in [0.717, 1.165) is 18.2 Å². The molecular formula is C12H6ClN3O5. The fourth-order valence-corrected chi connectivity index (χ4v) is 1.83. The van der Waals surface area contributed by atoms with Crippen molar-refractivity contribution in [3.63, 3.8) is 0 Å². The van der Waals surface area contributed by atoms with Crippen molar-refractivity contribution in [3.8, 4) is 0 Å². The van der Waals surface area contributed by atoms with Gasteiger partial charge in [-0.1, -0.05) is 11.6 Å². The van der Waals surface area contributed by atoms with Gasteiger partial charge in [-0.3, -0.25) is 30.0 Å². The summed E-state index contributed by atoms with van der Waals surface area (Å²) >= 11 is 5.82. The molecule has 0 radical (unpaired) electrons. The van der Waals surface area contributed by atoms with Crippen molar-refractivity contribution in [2.24, 2.45) is 0 Å². The van der Waals surface area contributed by atoms with Crippen molar-refractivity contribution >= 4 is 28.8 Å². The lowest BCUT2D eigenvalue weighted by Crippen LogP contribution is -2.06. The Bertz CT molecular complexity index is 730. The Morgan fingerprint density at radius 3 is 2.14 bits per heavy atom. The molecule has 0 bridgehead atoms. The van der Waals surface area contributed by atoms with E-state index in [2.05, 4.69) is 4.98 Å². The highest BCUT2D eigenvalue weighted by Gasteiger charge is 2.22. The number of nitrogens with zero attached hydrogens (tertiary/aromatic N) is 3. The molecule has 21 heavy (non-hydrogen) atoms. The maximum Gasteiger partial charge on any atom is 0.277 e. The largest absolute Gasteiger partial charge is 0.287 e. The molecule has 1 aromatic heterocycles. The zero-order valence-electron chi connectivity index (χ0n) is 10.2. The Balaban J connectivity index is 2.58. The van der Waals surface area contributed by atoms with Gasteiger partial charge in [0.15, 0.2) is 0 Å². The highest BCUT2D eigenvalue weighted by atomic mass is 35.5. The number of aromatic nitrogens is 1. The number of benzene rings is 1. The van der Waals surface area contributed by atoms with Gasteiger partial charge in [0.1, 0.15) is 5.69 Å². The molecule has 0 aliphatic carbocycles. The number of halogens is 1. The van der Waals surface area contributed by atoms with E-state index in [4.69, 9.17) is 11.6 Å². The van der Waals surface area contributed by atoms with E-state index >= 15 is 0 Å². The normalized spacial score (nSPS) is 10.1. The molecule has 0 saturated heterocycles. The van der Waals surface area contributed by atoms with E-state index in [1.54, 1.807) is 0 Å². The van der Waals surface area contributed by atoms with Crippen LogP contribution in [0.3, 0.4) is 0 Å². The summed E-state index contributed by atoms with van der Waals surface area (Å²) in [6.07, 6.45) is 1.32. The van der Waals surface area contributed by atoms with Gasteiger partial charge in [0.05, 0.1) is 20.9 Å². The average molecular weight is 308 g/mol. The summed E-state index contributed by atoms with van der Waals surface area (Å²) < 4.78 is 0. The molecule has 2 rings (SSSR count). The van der Waals surface area contributed by atoms with Crippen molar-refractivity contribution < 1.29 is 14.6 Å². The van der Waals surface area contributed by atoms with Crippen LogP contribution in [0.15, 0.2) is 36.5 Å². The van der Waals surface area contributed by atoms with Crippen LogP contribution in [0.5, 0.6) is 0 Å². The quantitative estimate of drug-likeness (QED) is 0.487. The number of nitro groups is 2. The van der Waals surface area contributed by atoms with Gasteiger partial charge < -0.3 is 0 Å². The van der Waals surface area contributed by atoms with Crippen LogP contribution in [0.2, 0.25) is 5.02 Å². The molecule has 1 heterocycles. The number of non-ortho nitro benzene ring substituents is 2. The van der Waals surface area contributed by atoms with E-state index in [1.807, 2.05) is 0 Å². The summed E-state index contributed by atoms with van der Waals surface area (Å²) in [6.45, 7) is 0. The molecule has 9 heteroatoms. The highest BCUT2D eigenvalue weighted by Crippen LogP contribution is 2.25. The second-order valence-corrected chi connectivity index (χ2v) is 4.32. The Hall–Kier alpha value is -2.87. The molecule has 0 N–H and O–H groups in total. The molecule has 0 unspecified atom stereocenters. The zero-order valence-corrected chi connectivity index (χ0v) is 11.0. The molecule has 0 amide bonds.